The van der Waals surface area contributed by atoms with Crippen molar-refractivity contribution in [3.63, 3.8) is 0 Å². The highest BCUT2D eigenvalue weighted by atomic mass is 32.2. The van der Waals surface area contributed by atoms with Crippen molar-refractivity contribution in [2.45, 2.75) is 44.7 Å². The van der Waals surface area contributed by atoms with Crippen molar-refractivity contribution in [1.82, 2.24) is 14.8 Å². The second kappa shape index (κ2) is 11.1. The monoisotopic (exact) mass is 500 g/mol. The van der Waals surface area contributed by atoms with Gasteiger partial charge in [0.05, 0.1) is 24.5 Å². The predicted molar refractivity (Wildman–Crippen MR) is 134 cm³/mol. The third-order valence-electron chi connectivity index (χ3n) is 5.49. The highest BCUT2D eigenvalue weighted by molar-refractivity contribution is 7.99. The number of carbonyl (C=O) groups excluding carboxylic acids is 2. The summed E-state index contributed by atoms with van der Waals surface area (Å²) in [5.74, 6) is 1.11. The van der Waals surface area contributed by atoms with Crippen molar-refractivity contribution in [2.24, 2.45) is 7.05 Å². The fourth-order valence-electron chi connectivity index (χ4n) is 3.92. The van der Waals surface area contributed by atoms with Crippen molar-refractivity contribution in [3.8, 4) is 17.1 Å². The van der Waals surface area contributed by atoms with E-state index in [1.54, 1.807) is 6.92 Å². The molecule has 4 rings (SSSR count). The zero-order chi connectivity index (χ0) is 24.1. The number of amides is 1. The van der Waals surface area contributed by atoms with Crippen molar-refractivity contribution < 1.29 is 19.1 Å². The summed E-state index contributed by atoms with van der Waals surface area (Å²) < 4.78 is 12.6. The maximum atomic E-state index is 12.8. The molecule has 0 unspecified atom stereocenters. The lowest BCUT2D eigenvalue weighted by molar-refractivity contribution is -0.113. The van der Waals surface area contributed by atoms with Crippen molar-refractivity contribution in [2.75, 3.05) is 24.3 Å². The van der Waals surface area contributed by atoms with Gasteiger partial charge in [-0.25, -0.2) is 4.79 Å². The van der Waals surface area contributed by atoms with E-state index in [1.165, 1.54) is 28.0 Å². The largest absolute Gasteiger partial charge is 0.494 e. The number of hydrogen-bond acceptors (Lipinski definition) is 8. The summed E-state index contributed by atoms with van der Waals surface area (Å²) in [7, 11) is 1.87. The lowest BCUT2D eigenvalue weighted by Gasteiger charge is -2.12. The second-order valence-corrected chi connectivity index (χ2v) is 9.84. The van der Waals surface area contributed by atoms with Gasteiger partial charge >= 0.3 is 5.97 Å². The van der Waals surface area contributed by atoms with Crippen LogP contribution in [-0.2, 0) is 29.4 Å². The quantitative estimate of drug-likeness (QED) is 0.335. The fraction of sp³-hybridized carbons (Fsp3) is 0.417. The molecule has 34 heavy (non-hydrogen) atoms. The van der Waals surface area contributed by atoms with Crippen LogP contribution in [0.4, 0.5) is 5.00 Å². The molecule has 0 saturated carbocycles. The Morgan fingerprint density at radius 3 is 2.62 bits per heavy atom. The van der Waals surface area contributed by atoms with Crippen LogP contribution in [0.2, 0.25) is 0 Å². The molecule has 1 aliphatic rings. The Kier molecular flexibility index (Phi) is 7.89. The molecule has 1 amide bonds. The first-order valence-electron chi connectivity index (χ1n) is 11.4. The molecule has 2 aromatic heterocycles. The molecular weight excluding hydrogens is 472 g/mol. The number of aromatic nitrogens is 3. The molecule has 1 aliphatic carbocycles. The number of anilines is 1. The molecule has 1 aromatic carbocycles. The minimum absolute atomic E-state index is 0.153. The maximum Gasteiger partial charge on any atom is 0.341 e. The van der Waals surface area contributed by atoms with Crippen LogP contribution < -0.4 is 10.1 Å². The van der Waals surface area contributed by atoms with Gasteiger partial charge in [0, 0.05) is 17.5 Å². The molecule has 0 atom stereocenters. The number of thioether (sulfide) groups is 1. The molecule has 1 N–H and O–H groups in total. The lowest BCUT2D eigenvalue weighted by Crippen LogP contribution is -2.17. The maximum absolute atomic E-state index is 12.8. The summed E-state index contributed by atoms with van der Waals surface area (Å²) in [5.41, 5.74) is 2.47. The number of nitrogens with one attached hydrogen (secondary N) is 1. The molecule has 0 bridgehead atoms. The van der Waals surface area contributed by atoms with Gasteiger partial charge in [-0.15, -0.1) is 21.5 Å². The number of aryl methyl sites for hydroxylation is 1. The topological polar surface area (TPSA) is 95.3 Å². The molecule has 0 saturated heterocycles. The van der Waals surface area contributed by atoms with E-state index >= 15 is 0 Å². The molecule has 0 radical (unpaired) electrons. The van der Waals surface area contributed by atoms with Crippen molar-refractivity contribution >= 4 is 40.0 Å². The summed E-state index contributed by atoms with van der Waals surface area (Å²) in [5, 5.41) is 12.7. The number of thiophene rings is 1. The van der Waals surface area contributed by atoms with E-state index < -0.39 is 0 Å². The number of fused-ring (bicyclic) bond motifs is 1. The van der Waals surface area contributed by atoms with Crippen LogP contribution in [0.1, 0.15) is 47.5 Å². The van der Waals surface area contributed by atoms with E-state index in [-0.39, 0.29) is 17.6 Å². The summed E-state index contributed by atoms with van der Waals surface area (Å²) in [4.78, 5) is 26.5. The van der Waals surface area contributed by atoms with E-state index in [2.05, 4.69) is 15.5 Å². The number of rotatable bonds is 9. The number of benzene rings is 1. The Hall–Kier alpha value is -2.85. The van der Waals surface area contributed by atoms with E-state index in [0.29, 0.717) is 34.8 Å². The lowest BCUT2D eigenvalue weighted by atomic mass is 9.95. The van der Waals surface area contributed by atoms with E-state index in [1.807, 2.05) is 42.8 Å². The van der Waals surface area contributed by atoms with Crippen LogP contribution in [0.3, 0.4) is 0 Å². The van der Waals surface area contributed by atoms with Crippen molar-refractivity contribution in [3.05, 3.63) is 40.3 Å². The Bertz CT molecular complexity index is 1170. The minimum atomic E-state index is -0.363. The SMILES string of the molecule is CCOC(=O)c1c(NC(=O)CSc2nnc(-c3ccc(OCC)cc3)n2C)sc2c1CCCC2. The van der Waals surface area contributed by atoms with Crippen molar-refractivity contribution in [1.29, 1.82) is 0 Å². The van der Waals surface area contributed by atoms with Crippen LogP contribution in [0.25, 0.3) is 11.4 Å². The zero-order valence-electron chi connectivity index (χ0n) is 19.6. The predicted octanol–water partition coefficient (Wildman–Crippen LogP) is 4.73. The third-order valence-corrected chi connectivity index (χ3v) is 7.72. The number of hydrogen-bond donors (Lipinski definition) is 1. The number of nitrogens with zero attached hydrogens (tertiary/aromatic N) is 3. The first kappa shape index (κ1) is 24.3. The Labute approximate surface area is 207 Å². The highest BCUT2D eigenvalue weighted by Crippen LogP contribution is 2.38. The summed E-state index contributed by atoms with van der Waals surface area (Å²) in [6.07, 6.45) is 3.92. The summed E-state index contributed by atoms with van der Waals surface area (Å²) in [6, 6.07) is 7.67. The molecule has 8 nitrogen and oxygen atoms in total. The Morgan fingerprint density at radius 1 is 1.12 bits per heavy atom. The highest BCUT2D eigenvalue weighted by Gasteiger charge is 2.27. The zero-order valence-corrected chi connectivity index (χ0v) is 21.2. The second-order valence-electron chi connectivity index (χ2n) is 7.79. The molecule has 10 heteroatoms. The normalized spacial score (nSPS) is 12.8. The first-order valence-corrected chi connectivity index (χ1v) is 13.2. The smallest absolute Gasteiger partial charge is 0.341 e. The molecule has 0 fully saturated rings. The van der Waals surface area contributed by atoms with E-state index in [9.17, 15) is 9.59 Å². The van der Waals surface area contributed by atoms with Crippen LogP contribution in [0.15, 0.2) is 29.4 Å². The fourth-order valence-corrected chi connectivity index (χ4v) is 5.93. The Balaban J connectivity index is 1.43. The van der Waals surface area contributed by atoms with Crippen LogP contribution in [0, 0.1) is 0 Å². The molecule has 2 heterocycles. The van der Waals surface area contributed by atoms with Crippen LogP contribution in [0.5, 0.6) is 5.75 Å². The standard InChI is InChI=1S/C24H28N4O4S2/c1-4-31-16-12-10-15(11-13-16)21-26-27-24(28(21)3)33-14-19(29)25-22-20(23(30)32-5-2)17-8-6-7-9-18(17)34-22/h10-13H,4-9,14H2,1-3H3,(H,25,29). The van der Waals surface area contributed by atoms with Gasteiger partial charge in [0.2, 0.25) is 5.91 Å². The molecule has 0 aliphatic heterocycles. The van der Waals surface area contributed by atoms with Gasteiger partial charge in [0.1, 0.15) is 10.8 Å². The van der Waals surface area contributed by atoms with Gasteiger partial charge in [0.25, 0.3) is 0 Å². The molecular formula is C24H28N4O4S2. The van der Waals surface area contributed by atoms with Gasteiger partial charge < -0.3 is 19.4 Å². The number of esters is 1. The van der Waals surface area contributed by atoms with E-state index in [0.717, 1.165) is 42.6 Å². The van der Waals surface area contributed by atoms with Crippen LogP contribution >= 0.6 is 23.1 Å². The molecule has 3 aromatic rings. The minimum Gasteiger partial charge on any atom is -0.494 e. The Morgan fingerprint density at radius 2 is 1.88 bits per heavy atom. The summed E-state index contributed by atoms with van der Waals surface area (Å²) >= 11 is 2.79. The van der Waals surface area contributed by atoms with Gasteiger partial charge in [-0.05, 0) is 69.4 Å². The van der Waals surface area contributed by atoms with Gasteiger partial charge in [0.15, 0.2) is 11.0 Å². The number of carbonyl (C=O) groups is 2. The summed E-state index contributed by atoms with van der Waals surface area (Å²) in [6.45, 7) is 4.64. The average Bonchev–Trinajstić information content (AvgIpc) is 3.38. The average molecular weight is 501 g/mol. The number of ether oxygens (including phenoxy) is 2. The first-order chi connectivity index (χ1) is 16.5. The molecule has 180 valence electrons. The van der Waals surface area contributed by atoms with Gasteiger partial charge in [-0.3, -0.25) is 4.79 Å². The van der Waals surface area contributed by atoms with Gasteiger partial charge in [-0.2, -0.15) is 0 Å². The van der Waals surface area contributed by atoms with Crippen LogP contribution in [-0.4, -0.2) is 45.6 Å². The molecule has 0 spiro atoms. The third kappa shape index (κ3) is 5.28. The van der Waals surface area contributed by atoms with Gasteiger partial charge in [-0.1, -0.05) is 11.8 Å². The van der Waals surface area contributed by atoms with E-state index in [4.69, 9.17) is 9.47 Å².